The summed E-state index contributed by atoms with van der Waals surface area (Å²) in [6, 6.07) is 22.7. The van der Waals surface area contributed by atoms with Crippen LogP contribution < -0.4 is 9.30 Å². The summed E-state index contributed by atoms with van der Waals surface area (Å²) in [5, 5.41) is 11.0. The Morgan fingerprint density at radius 3 is 2.00 bits per heavy atom. The number of carbonyl (C=O) groups is 2. The number of rotatable bonds is 17. The first kappa shape index (κ1) is 34.2. The van der Waals surface area contributed by atoms with Crippen LogP contribution in [0.4, 0.5) is 0 Å². The van der Waals surface area contributed by atoms with E-state index < -0.39 is 27.3 Å². The molecule has 0 fully saturated rings. The molecule has 0 amide bonds. The van der Waals surface area contributed by atoms with E-state index in [0.29, 0.717) is 25.4 Å². The molecule has 0 aliphatic rings. The van der Waals surface area contributed by atoms with Gasteiger partial charge in [-0.05, 0) is 57.4 Å². The highest BCUT2D eigenvalue weighted by Gasteiger charge is 2.42. The lowest BCUT2D eigenvalue weighted by Crippen LogP contribution is -2.40. The maximum absolute atomic E-state index is 12.7. The lowest BCUT2D eigenvalue weighted by molar-refractivity contribution is -0.697. The Morgan fingerprint density at radius 2 is 1.33 bits per heavy atom. The first-order chi connectivity index (χ1) is 20.4. The van der Waals surface area contributed by atoms with Gasteiger partial charge in [-0.1, -0.05) is 64.5 Å². The minimum absolute atomic E-state index is 0.0894. The lowest BCUT2D eigenvalue weighted by atomic mass is 9.83. The number of pyridine rings is 1. The van der Waals surface area contributed by atoms with E-state index in [-0.39, 0.29) is 26.2 Å². The number of benzene rings is 2. The van der Waals surface area contributed by atoms with Gasteiger partial charge in [0.05, 0.1) is 25.2 Å². The Bertz CT molecular complexity index is 1280. The van der Waals surface area contributed by atoms with Crippen LogP contribution in [0, 0.1) is 5.41 Å². The summed E-state index contributed by atoms with van der Waals surface area (Å²) in [4.78, 5) is 25.4. The van der Waals surface area contributed by atoms with Crippen molar-refractivity contribution >= 4 is 27.9 Å². The molecular formula is C34H43BrNO7+. The molecular weight excluding hydrogens is 614 g/mol. The van der Waals surface area contributed by atoms with Crippen molar-refractivity contribution in [3.05, 3.63) is 96.3 Å². The maximum Gasteiger partial charge on any atom is 0.322 e. The predicted molar refractivity (Wildman–Crippen MR) is 167 cm³/mol. The quantitative estimate of drug-likeness (QED) is 0.0903. The van der Waals surface area contributed by atoms with Crippen molar-refractivity contribution in [2.45, 2.75) is 57.0 Å². The fraction of sp³-hybridized carbons (Fsp3) is 0.441. The van der Waals surface area contributed by atoms with Gasteiger partial charge in [0.2, 0.25) is 0 Å². The molecule has 9 heteroatoms. The van der Waals surface area contributed by atoms with Gasteiger partial charge in [-0.25, -0.2) is 4.57 Å². The van der Waals surface area contributed by atoms with E-state index in [1.54, 1.807) is 27.7 Å². The molecule has 0 bridgehead atoms. The number of carbonyl (C=O) groups excluding carboxylic acids is 2. The van der Waals surface area contributed by atoms with E-state index in [2.05, 4.69) is 15.9 Å². The Morgan fingerprint density at radius 1 is 0.744 bits per heavy atom. The number of esters is 2. The third-order valence-corrected chi connectivity index (χ3v) is 7.64. The number of hydrogen-bond donors (Lipinski definition) is 1. The van der Waals surface area contributed by atoms with Crippen LogP contribution in [0.2, 0.25) is 0 Å². The van der Waals surface area contributed by atoms with Crippen molar-refractivity contribution in [3.8, 4) is 5.75 Å². The largest absolute Gasteiger partial charge is 0.491 e. The predicted octanol–water partition coefficient (Wildman–Crippen LogP) is 5.37. The molecule has 1 aromatic heterocycles. The molecule has 8 nitrogen and oxygen atoms in total. The lowest BCUT2D eigenvalue weighted by Gasteiger charge is -2.30. The van der Waals surface area contributed by atoms with Crippen molar-refractivity contribution in [2.24, 2.45) is 5.41 Å². The van der Waals surface area contributed by atoms with E-state index >= 15 is 0 Å². The fourth-order valence-corrected chi connectivity index (χ4v) is 5.45. The number of hydrogen-bond acceptors (Lipinski definition) is 7. The van der Waals surface area contributed by atoms with Crippen molar-refractivity contribution in [3.63, 3.8) is 0 Å². The number of halogens is 1. The van der Waals surface area contributed by atoms with Crippen LogP contribution in [0.25, 0.3) is 0 Å². The van der Waals surface area contributed by atoms with Gasteiger partial charge in [-0.2, -0.15) is 0 Å². The Labute approximate surface area is 263 Å². The zero-order valence-electron chi connectivity index (χ0n) is 25.5. The summed E-state index contributed by atoms with van der Waals surface area (Å²) in [5.74, 6) is -0.167. The van der Waals surface area contributed by atoms with Crippen LogP contribution in [-0.2, 0) is 35.9 Å². The van der Waals surface area contributed by atoms with Gasteiger partial charge in [0.15, 0.2) is 18.9 Å². The third kappa shape index (κ3) is 10.7. The second kappa shape index (κ2) is 16.0. The number of nitrogens with zero attached hydrogens (tertiary/aromatic N) is 1. The second-order valence-corrected chi connectivity index (χ2v) is 13.2. The summed E-state index contributed by atoms with van der Waals surface area (Å²) < 4.78 is 23.2. The molecule has 0 aliphatic heterocycles. The Balaban J connectivity index is 1.30. The van der Waals surface area contributed by atoms with E-state index in [1.807, 2.05) is 89.8 Å². The average Bonchev–Trinajstić information content (AvgIpc) is 2.99. The van der Waals surface area contributed by atoms with Crippen LogP contribution in [-0.4, -0.2) is 54.4 Å². The van der Waals surface area contributed by atoms with E-state index in [0.717, 1.165) is 17.7 Å². The summed E-state index contributed by atoms with van der Waals surface area (Å²) in [5.41, 5.74) is -0.443. The molecule has 2 unspecified atom stereocenters. The van der Waals surface area contributed by atoms with Crippen molar-refractivity contribution in [1.82, 2.24) is 0 Å². The first-order valence-corrected chi connectivity index (χ1v) is 15.3. The zero-order chi connectivity index (χ0) is 31.3. The highest BCUT2D eigenvalue weighted by atomic mass is 79.9. The molecule has 0 aliphatic carbocycles. The zero-order valence-corrected chi connectivity index (χ0v) is 27.0. The van der Waals surface area contributed by atoms with Crippen molar-refractivity contribution < 1.29 is 38.2 Å². The van der Waals surface area contributed by atoms with E-state index in [9.17, 15) is 14.7 Å². The molecule has 232 valence electrons. The summed E-state index contributed by atoms with van der Waals surface area (Å²) >= 11 is 3.46. The smallest absolute Gasteiger partial charge is 0.322 e. The molecule has 1 heterocycles. The average molecular weight is 658 g/mol. The standard InChI is InChI=1S/C34H43BrNO7/c1-32(2,26-33(3,35)31(38)42-21-11-20-36-18-9-6-10-19-36)30(37)43-25-23-40-22-24-41-29-16-14-28(15-17-29)34(4,39)27-12-7-5-8-13-27/h5-10,12-19,39H,11,20-26H2,1-4H3/q+1. The van der Waals surface area contributed by atoms with Crippen LogP contribution in [0.5, 0.6) is 5.75 Å². The van der Waals surface area contributed by atoms with Gasteiger partial charge < -0.3 is 24.1 Å². The van der Waals surface area contributed by atoms with Gasteiger partial charge in [0, 0.05) is 18.6 Å². The van der Waals surface area contributed by atoms with Crippen molar-refractivity contribution in [2.75, 3.05) is 33.0 Å². The normalized spacial score (nSPS) is 14.3. The van der Waals surface area contributed by atoms with Crippen LogP contribution in [0.1, 0.15) is 51.7 Å². The van der Waals surface area contributed by atoms with Gasteiger partial charge in [0.25, 0.3) is 0 Å². The molecule has 2 aromatic carbocycles. The minimum Gasteiger partial charge on any atom is -0.491 e. The molecule has 43 heavy (non-hydrogen) atoms. The van der Waals surface area contributed by atoms with Crippen molar-refractivity contribution in [1.29, 1.82) is 0 Å². The monoisotopic (exact) mass is 656 g/mol. The highest BCUT2D eigenvalue weighted by molar-refractivity contribution is 9.10. The van der Waals surface area contributed by atoms with Gasteiger partial charge >= 0.3 is 11.9 Å². The van der Waals surface area contributed by atoms with E-state index in [4.69, 9.17) is 18.9 Å². The molecule has 2 atom stereocenters. The SMILES string of the molecule is CC(C)(CC(C)(Br)C(=O)OCCC[n+]1ccccc1)C(=O)OCCOCCOc1ccc(C(C)(O)c2ccccc2)cc1. The number of ether oxygens (including phenoxy) is 4. The van der Waals surface area contributed by atoms with Crippen LogP contribution in [0.15, 0.2) is 85.2 Å². The molecule has 3 aromatic rings. The topological polar surface area (TPSA) is 95.2 Å². The summed E-state index contributed by atoms with van der Waals surface area (Å²) in [6.07, 6.45) is 4.82. The second-order valence-electron chi connectivity index (χ2n) is 11.4. The Hall–Kier alpha value is -3.27. The molecule has 1 N–H and O–H groups in total. The fourth-order valence-electron chi connectivity index (χ4n) is 4.63. The van der Waals surface area contributed by atoms with Gasteiger partial charge in [-0.15, -0.1) is 0 Å². The molecule has 3 rings (SSSR count). The highest BCUT2D eigenvalue weighted by Crippen LogP contribution is 2.36. The molecule has 0 spiro atoms. The number of alkyl halides is 1. The van der Waals surface area contributed by atoms with Gasteiger partial charge in [0.1, 0.15) is 28.9 Å². The third-order valence-electron chi connectivity index (χ3n) is 7.03. The maximum atomic E-state index is 12.7. The Kier molecular flexibility index (Phi) is 12.7. The number of aliphatic hydroxyl groups is 1. The van der Waals surface area contributed by atoms with Crippen LogP contribution >= 0.6 is 15.9 Å². The number of aryl methyl sites for hydroxylation is 1. The van der Waals surface area contributed by atoms with Crippen LogP contribution in [0.3, 0.4) is 0 Å². The molecule has 0 radical (unpaired) electrons. The van der Waals surface area contributed by atoms with E-state index in [1.165, 1.54) is 0 Å². The first-order valence-electron chi connectivity index (χ1n) is 14.5. The molecule has 0 saturated carbocycles. The summed E-state index contributed by atoms with van der Waals surface area (Å²) in [7, 11) is 0. The minimum atomic E-state index is -1.10. The number of aromatic nitrogens is 1. The van der Waals surface area contributed by atoms with Gasteiger partial charge in [-0.3, -0.25) is 9.59 Å². The summed E-state index contributed by atoms with van der Waals surface area (Å²) in [6.45, 7) is 8.94. The molecule has 0 saturated heterocycles.